The number of para-hydroxylation sites is 1. The molecule has 7 nitrogen and oxygen atoms in total. The summed E-state index contributed by atoms with van der Waals surface area (Å²) in [7, 11) is -5.66. The summed E-state index contributed by atoms with van der Waals surface area (Å²) in [6, 6.07) is 12.4. The number of benzene rings is 2. The first-order valence-electron chi connectivity index (χ1n) is 8.03. The quantitative estimate of drug-likeness (QED) is 0.425. The van der Waals surface area contributed by atoms with E-state index in [0.717, 1.165) is 5.39 Å². The highest BCUT2D eigenvalue weighted by Crippen LogP contribution is 2.25. The molecule has 3 aromatic heterocycles. The van der Waals surface area contributed by atoms with Gasteiger partial charge in [-0.1, -0.05) is 18.2 Å². The highest BCUT2D eigenvalue weighted by molar-refractivity contribution is 7.88. The highest BCUT2D eigenvalue weighted by Gasteiger charge is 2.30. The van der Waals surface area contributed by atoms with Gasteiger partial charge in [-0.05, 0) is 36.2 Å². The Bertz CT molecular complexity index is 1130. The Labute approximate surface area is 149 Å². The van der Waals surface area contributed by atoms with Gasteiger partial charge in [-0.3, -0.25) is 0 Å². The molecule has 4 rings (SSSR count). The molecule has 9 heteroatoms. The molecule has 0 saturated heterocycles. The van der Waals surface area contributed by atoms with E-state index < -0.39 is 23.1 Å². The Kier molecular flexibility index (Phi) is 4.24. The van der Waals surface area contributed by atoms with E-state index in [-0.39, 0.29) is 12.2 Å². The van der Waals surface area contributed by atoms with Crippen LogP contribution in [-0.2, 0) is 22.2 Å². The van der Waals surface area contributed by atoms with Gasteiger partial charge >= 0.3 is 7.12 Å². The number of nitrogens with one attached hydrogen (secondary N) is 1. The number of sulfonamides is 1. The Balaban J connectivity index is 1.53. The van der Waals surface area contributed by atoms with Gasteiger partial charge in [-0.15, -0.1) is 0 Å². The van der Waals surface area contributed by atoms with Crippen LogP contribution < -0.4 is 4.72 Å². The molecule has 0 radical (unpaired) electrons. The average Bonchev–Trinajstić information content (AvgIpc) is 3.29. The van der Waals surface area contributed by atoms with Crippen molar-refractivity contribution in [1.82, 2.24) is 4.72 Å². The van der Waals surface area contributed by atoms with Crippen LogP contribution >= 0.6 is 0 Å². The standard InChI is InChI=1S/C17H16BNO6S/c20-18(21)17(8-11-9-24-16-4-2-1-3-14(11)16)19-26(22,23)10-12-7-13-5-6-15(12)25-13/h1-7,9,17,19-21H,8,10H2/t17-/m0/s1. The monoisotopic (exact) mass is 373 g/mol. The van der Waals surface area contributed by atoms with Crippen molar-refractivity contribution >= 4 is 39.3 Å². The van der Waals surface area contributed by atoms with E-state index in [9.17, 15) is 18.5 Å². The maximum atomic E-state index is 12.5. The lowest BCUT2D eigenvalue weighted by Crippen LogP contribution is -2.48. The molecule has 0 amide bonds. The predicted octanol–water partition coefficient (Wildman–Crippen LogP) is 1.66. The van der Waals surface area contributed by atoms with Crippen molar-refractivity contribution in [3.8, 4) is 0 Å². The number of rotatable bonds is 7. The summed E-state index contributed by atoms with van der Waals surface area (Å²) < 4.78 is 38.1. The molecule has 0 fully saturated rings. The maximum absolute atomic E-state index is 12.5. The lowest BCUT2D eigenvalue weighted by molar-refractivity contribution is 0.379. The van der Waals surface area contributed by atoms with Gasteiger partial charge in [-0.25, -0.2) is 13.1 Å². The number of furan rings is 3. The lowest BCUT2D eigenvalue weighted by Gasteiger charge is -2.17. The Morgan fingerprint density at radius 3 is 2.58 bits per heavy atom. The highest BCUT2D eigenvalue weighted by atomic mass is 32.2. The molecule has 4 aromatic rings. The van der Waals surface area contributed by atoms with Crippen LogP contribution in [0.3, 0.4) is 0 Å². The zero-order chi connectivity index (χ0) is 18.3. The first kappa shape index (κ1) is 17.1. The van der Waals surface area contributed by atoms with E-state index >= 15 is 0 Å². The minimum Gasteiger partial charge on any atom is -0.464 e. The molecule has 1 atom stereocenters. The van der Waals surface area contributed by atoms with Crippen LogP contribution in [-0.4, -0.2) is 31.5 Å². The molecule has 0 aliphatic rings. The van der Waals surface area contributed by atoms with E-state index in [1.54, 1.807) is 24.3 Å². The largest absolute Gasteiger partial charge is 0.471 e. The normalized spacial score (nSPS) is 13.6. The van der Waals surface area contributed by atoms with Crippen molar-refractivity contribution in [2.75, 3.05) is 0 Å². The van der Waals surface area contributed by atoms with E-state index in [0.29, 0.717) is 27.9 Å². The van der Waals surface area contributed by atoms with Crippen LogP contribution in [0, 0.1) is 0 Å². The molecular weight excluding hydrogens is 357 g/mol. The molecule has 134 valence electrons. The molecule has 0 aliphatic carbocycles. The van der Waals surface area contributed by atoms with Gasteiger partial charge < -0.3 is 18.9 Å². The first-order valence-corrected chi connectivity index (χ1v) is 9.68. The third-order valence-electron chi connectivity index (χ3n) is 4.30. The Morgan fingerprint density at radius 1 is 1.08 bits per heavy atom. The molecule has 2 bridgehead atoms. The van der Waals surface area contributed by atoms with Crippen LogP contribution in [0.1, 0.15) is 11.1 Å². The summed E-state index contributed by atoms with van der Waals surface area (Å²) >= 11 is 0. The van der Waals surface area contributed by atoms with Crippen molar-refractivity contribution in [2.45, 2.75) is 18.1 Å². The number of hydrogen-bond acceptors (Lipinski definition) is 6. The average molecular weight is 373 g/mol. The van der Waals surface area contributed by atoms with Gasteiger partial charge in [0, 0.05) is 10.9 Å². The summed E-state index contributed by atoms with van der Waals surface area (Å²) in [4.78, 5) is 0. The molecular formula is C17H16BNO6S. The zero-order valence-corrected chi connectivity index (χ0v) is 14.4. The van der Waals surface area contributed by atoms with Crippen molar-refractivity contribution in [3.63, 3.8) is 0 Å². The van der Waals surface area contributed by atoms with Crippen molar-refractivity contribution < 1.29 is 27.3 Å². The second-order valence-electron chi connectivity index (χ2n) is 6.23. The summed E-state index contributed by atoms with van der Waals surface area (Å²) in [5.41, 5.74) is 2.99. The summed E-state index contributed by atoms with van der Waals surface area (Å²) in [5, 5.41) is 20.1. The van der Waals surface area contributed by atoms with Crippen LogP contribution in [0.2, 0.25) is 0 Å². The minimum atomic E-state index is -3.81. The molecule has 0 aliphatic heterocycles. The van der Waals surface area contributed by atoms with Crippen LogP contribution in [0.25, 0.3) is 22.1 Å². The fourth-order valence-corrected chi connectivity index (χ4v) is 4.46. The smallest absolute Gasteiger partial charge is 0.464 e. The third kappa shape index (κ3) is 3.34. The van der Waals surface area contributed by atoms with E-state index in [4.69, 9.17) is 8.83 Å². The Morgan fingerprint density at radius 2 is 1.88 bits per heavy atom. The van der Waals surface area contributed by atoms with Crippen molar-refractivity contribution in [1.29, 1.82) is 0 Å². The molecule has 3 heterocycles. The van der Waals surface area contributed by atoms with Crippen molar-refractivity contribution in [2.24, 2.45) is 0 Å². The van der Waals surface area contributed by atoms with Gasteiger partial charge in [0.15, 0.2) is 0 Å². The fourth-order valence-electron chi connectivity index (χ4n) is 3.07. The van der Waals surface area contributed by atoms with Crippen LogP contribution in [0.15, 0.2) is 57.6 Å². The summed E-state index contributed by atoms with van der Waals surface area (Å²) in [6.07, 6.45) is 1.58. The summed E-state index contributed by atoms with van der Waals surface area (Å²) in [5.74, 6) is -1.40. The maximum Gasteiger partial charge on any atom is 0.471 e. The van der Waals surface area contributed by atoms with E-state index in [1.807, 2.05) is 18.2 Å². The fraction of sp³-hybridized carbons (Fsp3) is 0.176. The van der Waals surface area contributed by atoms with Gasteiger partial charge in [0.2, 0.25) is 10.0 Å². The molecule has 1 aromatic carbocycles. The SMILES string of the molecule is O=S(=O)(Cc1cc2ccc1o2)N[C@@H](Cc1coc2ccccc12)B(O)O. The van der Waals surface area contributed by atoms with Gasteiger partial charge in [-0.2, -0.15) is 0 Å². The second-order valence-corrected chi connectivity index (χ2v) is 7.98. The lowest BCUT2D eigenvalue weighted by atomic mass is 9.77. The first-order chi connectivity index (χ1) is 12.4. The zero-order valence-electron chi connectivity index (χ0n) is 13.6. The van der Waals surface area contributed by atoms with Crippen LogP contribution in [0.4, 0.5) is 0 Å². The molecule has 0 unspecified atom stereocenters. The predicted molar refractivity (Wildman–Crippen MR) is 97.1 cm³/mol. The molecule has 3 N–H and O–H groups in total. The van der Waals surface area contributed by atoms with Crippen molar-refractivity contribution in [3.05, 3.63) is 59.9 Å². The van der Waals surface area contributed by atoms with Gasteiger partial charge in [0.05, 0.1) is 18.0 Å². The topological polar surface area (TPSA) is 113 Å². The minimum absolute atomic E-state index is 0.0807. The van der Waals surface area contributed by atoms with Gasteiger partial charge in [0.1, 0.15) is 16.7 Å². The molecule has 0 spiro atoms. The van der Waals surface area contributed by atoms with E-state index in [1.165, 1.54) is 6.26 Å². The van der Waals surface area contributed by atoms with Gasteiger partial charge in [0.25, 0.3) is 0 Å². The summed E-state index contributed by atoms with van der Waals surface area (Å²) in [6.45, 7) is 0. The van der Waals surface area contributed by atoms with E-state index in [2.05, 4.69) is 4.72 Å². The number of hydrogen-bond donors (Lipinski definition) is 3. The number of fused-ring (bicyclic) bond motifs is 3. The Hall–Kier alpha value is -2.33. The third-order valence-corrected chi connectivity index (χ3v) is 5.65. The molecule has 0 saturated carbocycles. The van der Waals surface area contributed by atoms with Crippen LogP contribution in [0.5, 0.6) is 0 Å². The second kappa shape index (κ2) is 6.44. The molecule has 26 heavy (non-hydrogen) atoms.